The number of aliphatic hydroxyl groups excluding tert-OH is 1. The van der Waals surface area contributed by atoms with Crippen molar-refractivity contribution in [3.05, 3.63) is 77.5 Å². The largest absolute Gasteiger partial charge is 0.396 e. The van der Waals surface area contributed by atoms with Crippen molar-refractivity contribution in [2.45, 2.75) is 20.3 Å². The van der Waals surface area contributed by atoms with Crippen molar-refractivity contribution in [2.75, 3.05) is 19.0 Å². The maximum atomic E-state index is 12.1. The fourth-order valence-corrected chi connectivity index (χ4v) is 3.91. The molecule has 0 spiro atoms. The number of fused-ring (bicyclic) bond motifs is 1. The summed E-state index contributed by atoms with van der Waals surface area (Å²) in [5.41, 5.74) is 5.19. The number of hydrogen-bond acceptors (Lipinski definition) is 8. The maximum absolute atomic E-state index is 12.1. The molecule has 0 aliphatic carbocycles. The molecule has 0 atom stereocenters. The molecule has 1 amide bonds. The van der Waals surface area contributed by atoms with Crippen LogP contribution in [0.25, 0.3) is 22.7 Å². The molecule has 0 aliphatic rings. The highest BCUT2D eigenvalue weighted by Crippen LogP contribution is 2.24. The number of imidazole rings is 1. The average molecular weight is 484 g/mol. The number of amides is 1. The Bertz CT molecular complexity index is 1550. The van der Waals surface area contributed by atoms with Gasteiger partial charge in [-0.1, -0.05) is 6.07 Å². The Morgan fingerprint density at radius 3 is 2.67 bits per heavy atom. The Kier molecular flexibility index (Phi) is 6.13. The van der Waals surface area contributed by atoms with Crippen LogP contribution in [0.1, 0.15) is 27.4 Å². The molecule has 0 bridgehead atoms. The summed E-state index contributed by atoms with van der Waals surface area (Å²) in [6.45, 7) is 3.71. The third kappa shape index (κ3) is 4.39. The van der Waals surface area contributed by atoms with Gasteiger partial charge in [-0.2, -0.15) is 10.2 Å². The molecular weight excluding hydrogens is 458 g/mol. The van der Waals surface area contributed by atoms with Crippen molar-refractivity contribution in [3.63, 3.8) is 0 Å². The van der Waals surface area contributed by atoms with Crippen LogP contribution in [0.5, 0.6) is 0 Å². The monoisotopic (exact) mass is 483 g/mol. The number of carbonyl (C=O) groups is 1. The number of benzene rings is 1. The molecule has 5 rings (SSSR count). The van der Waals surface area contributed by atoms with Crippen molar-refractivity contribution < 1.29 is 9.90 Å². The minimum Gasteiger partial charge on any atom is -0.396 e. The molecule has 11 heteroatoms. The van der Waals surface area contributed by atoms with Crippen LogP contribution in [-0.2, 0) is 6.42 Å². The number of aromatic nitrogens is 7. The number of aryl methyl sites for hydroxylation is 2. The topological polar surface area (TPSA) is 136 Å². The van der Waals surface area contributed by atoms with E-state index in [9.17, 15) is 9.90 Å². The normalized spacial score (nSPS) is 11.1. The van der Waals surface area contributed by atoms with Crippen LogP contribution in [-0.4, -0.2) is 59.2 Å². The molecule has 0 saturated carbocycles. The van der Waals surface area contributed by atoms with E-state index in [2.05, 4.69) is 30.9 Å². The van der Waals surface area contributed by atoms with E-state index in [-0.39, 0.29) is 12.5 Å². The van der Waals surface area contributed by atoms with E-state index in [4.69, 9.17) is 4.98 Å². The molecule has 0 radical (unpaired) electrons. The summed E-state index contributed by atoms with van der Waals surface area (Å²) in [4.78, 5) is 21.5. The lowest BCUT2D eigenvalue weighted by Crippen LogP contribution is -2.19. The van der Waals surface area contributed by atoms with Gasteiger partial charge in [0.1, 0.15) is 12.1 Å². The van der Waals surface area contributed by atoms with Crippen LogP contribution in [0.4, 0.5) is 11.5 Å². The first-order valence-corrected chi connectivity index (χ1v) is 11.4. The second kappa shape index (κ2) is 9.55. The summed E-state index contributed by atoms with van der Waals surface area (Å²) in [6, 6.07) is 15.1. The predicted molar refractivity (Wildman–Crippen MR) is 135 cm³/mol. The minimum absolute atomic E-state index is 0.0359. The number of carbonyl (C=O) groups excluding carboxylic acids is 1. The third-order valence-electron chi connectivity index (χ3n) is 5.73. The van der Waals surface area contributed by atoms with E-state index in [1.165, 1.54) is 0 Å². The van der Waals surface area contributed by atoms with Crippen molar-refractivity contribution in [1.29, 1.82) is 0 Å². The first kappa shape index (κ1) is 23.1. The van der Waals surface area contributed by atoms with Crippen LogP contribution in [0, 0.1) is 13.8 Å². The zero-order valence-electron chi connectivity index (χ0n) is 20.1. The first-order valence-electron chi connectivity index (χ1n) is 11.4. The fraction of sp³-hybridized carbons (Fsp3) is 0.200. The molecular formula is C25H25N9O2. The zero-order valence-corrected chi connectivity index (χ0v) is 20.1. The molecule has 11 nitrogen and oxygen atoms in total. The number of aliphatic hydroxyl groups is 1. The lowest BCUT2D eigenvalue weighted by molar-refractivity contribution is 0.0957. The Morgan fingerprint density at radius 1 is 1.06 bits per heavy atom. The van der Waals surface area contributed by atoms with E-state index in [0.29, 0.717) is 29.6 Å². The number of rotatable bonds is 7. The van der Waals surface area contributed by atoms with E-state index >= 15 is 0 Å². The highest BCUT2D eigenvalue weighted by atomic mass is 16.3. The van der Waals surface area contributed by atoms with Gasteiger partial charge in [0.15, 0.2) is 17.3 Å². The quantitative estimate of drug-likeness (QED) is 0.321. The summed E-state index contributed by atoms with van der Waals surface area (Å²) >= 11 is 0. The standard InChI is InChI=1S/C25H25N9O2/c1-15-4-8-22(31-30-15)28-18-6-7-21-19(13-18)27-14-33(21)23-9-5-17(10-11-35)24(29-23)34-16(2)12-20(32-34)25(36)26-3/h4-9,12-14,35H,10-11H2,1-3H3,(H,26,36)(H,28,31). The lowest BCUT2D eigenvalue weighted by Gasteiger charge is -2.13. The summed E-state index contributed by atoms with van der Waals surface area (Å²) in [7, 11) is 1.56. The van der Waals surface area contributed by atoms with Gasteiger partial charge in [0, 0.05) is 25.0 Å². The van der Waals surface area contributed by atoms with Gasteiger partial charge in [0.2, 0.25) is 0 Å². The fourth-order valence-electron chi connectivity index (χ4n) is 3.91. The molecule has 4 heterocycles. The second-order valence-electron chi connectivity index (χ2n) is 8.29. The number of anilines is 2. The van der Waals surface area contributed by atoms with Crippen LogP contribution >= 0.6 is 0 Å². The first-order chi connectivity index (χ1) is 17.5. The van der Waals surface area contributed by atoms with Gasteiger partial charge in [0.05, 0.1) is 16.7 Å². The maximum Gasteiger partial charge on any atom is 0.271 e. The molecule has 36 heavy (non-hydrogen) atoms. The number of nitrogens with zero attached hydrogens (tertiary/aromatic N) is 7. The Hall–Kier alpha value is -4.64. The van der Waals surface area contributed by atoms with E-state index < -0.39 is 0 Å². The molecule has 1 aromatic carbocycles. The van der Waals surface area contributed by atoms with Crippen molar-refractivity contribution in [1.82, 2.24) is 39.8 Å². The van der Waals surface area contributed by atoms with Crippen molar-refractivity contribution >= 4 is 28.4 Å². The smallest absolute Gasteiger partial charge is 0.271 e. The van der Waals surface area contributed by atoms with Gasteiger partial charge >= 0.3 is 0 Å². The summed E-state index contributed by atoms with van der Waals surface area (Å²) in [6.07, 6.45) is 2.11. The van der Waals surface area contributed by atoms with Crippen molar-refractivity contribution in [3.8, 4) is 11.6 Å². The molecule has 5 aromatic rings. The third-order valence-corrected chi connectivity index (χ3v) is 5.73. The molecule has 0 aliphatic heterocycles. The average Bonchev–Trinajstić information content (AvgIpc) is 3.49. The van der Waals surface area contributed by atoms with Gasteiger partial charge in [-0.3, -0.25) is 9.36 Å². The van der Waals surface area contributed by atoms with Crippen molar-refractivity contribution in [2.24, 2.45) is 0 Å². The zero-order chi connectivity index (χ0) is 25.2. The summed E-state index contributed by atoms with van der Waals surface area (Å²) in [5, 5.41) is 28.1. The van der Waals surface area contributed by atoms with Gasteiger partial charge in [-0.05, 0) is 68.3 Å². The van der Waals surface area contributed by atoms with Crippen LogP contribution in [0.3, 0.4) is 0 Å². The van der Waals surface area contributed by atoms with Gasteiger partial charge in [-0.15, -0.1) is 5.10 Å². The predicted octanol–water partition coefficient (Wildman–Crippen LogP) is 2.65. The Labute approximate surface area is 206 Å². The van der Waals surface area contributed by atoms with Crippen LogP contribution < -0.4 is 10.6 Å². The second-order valence-corrected chi connectivity index (χ2v) is 8.29. The number of hydrogen-bond donors (Lipinski definition) is 3. The molecule has 0 unspecified atom stereocenters. The van der Waals surface area contributed by atoms with Crippen LogP contribution in [0.15, 0.2) is 54.9 Å². The SMILES string of the molecule is CNC(=O)c1cc(C)n(-c2nc(-n3cnc4cc(Nc5ccc(C)nn5)ccc43)ccc2CCO)n1. The molecule has 4 aromatic heterocycles. The minimum atomic E-state index is -0.279. The highest BCUT2D eigenvalue weighted by molar-refractivity contribution is 5.92. The summed E-state index contributed by atoms with van der Waals surface area (Å²) in [5.74, 6) is 1.55. The molecule has 0 saturated heterocycles. The molecule has 0 fully saturated rings. The van der Waals surface area contributed by atoms with E-state index in [0.717, 1.165) is 33.7 Å². The number of nitrogens with one attached hydrogen (secondary N) is 2. The van der Waals surface area contributed by atoms with E-state index in [1.54, 1.807) is 24.1 Å². The highest BCUT2D eigenvalue weighted by Gasteiger charge is 2.17. The van der Waals surface area contributed by atoms with Crippen LogP contribution in [0.2, 0.25) is 0 Å². The Balaban J connectivity index is 1.53. The molecule has 182 valence electrons. The summed E-state index contributed by atoms with van der Waals surface area (Å²) < 4.78 is 3.51. The number of pyridine rings is 1. The van der Waals surface area contributed by atoms with Gasteiger partial charge < -0.3 is 15.7 Å². The lowest BCUT2D eigenvalue weighted by atomic mass is 10.2. The van der Waals surface area contributed by atoms with Gasteiger partial charge in [-0.25, -0.2) is 14.6 Å². The molecule has 3 N–H and O–H groups in total. The Morgan fingerprint density at radius 2 is 1.92 bits per heavy atom. The van der Waals surface area contributed by atoms with Gasteiger partial charge in [0.25, 0.3) is 5.91 Å². The van der Waals surface area contributed by atoms with E-state index in [1.807, 2.05) is 60.9 Å².